The van der Waals surface area contributed by atoms with Gasteiger partial charge in [-0.25, -0.2) is 4.98 Å². The zero-order valence-corrected chi connectivity index (χ0v) is 10.9. The molecule has 4 N–H and O–H groups in total. The van der Waals surface area contributed by atoms with Gasteiger partial charge in [0.1, 0.15) is 0 Å². The standard InChI is InChI=1S/C12H12N6S/c13-12-14-7-3-4-19-10(7)11(16-12)15-9-5-8(17-18-9)6-1-2-6/h3-6H,1-2H2,(H4,13,14,15,16,17,18). The Morgan fingerprint density at radius 3 is 3.11 bits per heavy atom. The van der Waals surface area contributed by atoms with Crippen LogP contribution in [0.5, 0.6) is 0 Å². The van der Waals surface area contributed by atoms with E-state index < -0.39 is 0 Å². The van der Waals surface area contributed by atoms with Crippen molar-refractivity contribution in [1.29, 1.82) is 0 Å². The summed E-state index contributed by atoms with van der Waals surface area (Å²) in [6, 6.07) is 3.97. The average molecular weight is 272 g/mol. The summed E-state index contributed by atoms with van der Waals surface area (Å²) >= 11 is 1.59. The molecule has 0 aromatic carbocycles. The highest BCUT2D eigenvalue weighted by molar-refractivity contribution is 7.17. The van der Waals surface area contributed by atoms with Gasteiger partial charge in [-0.2, -0.15) is 10.1 Å². The van der Waals surface area contributed by atoms with Gasteiger partial charge in [0, 0.05) is 17.7 Å². The van der Waals surface area contributed by atoms with E-state index in [1.54, 1.807) is 11.3 Å². The Bertz CT molecular complexity index is 742. The van der Waals surface area contributed by atoms with Crippen LogP contribution in [0.4, 0.5) is 17.6 Å². The van der Waals surface area contributed by atoms with Crippen LogP contribution in [0.15, 0.2) is 17.5 Å². The molecular weight excluding hydrogens is 260 g/mol. The molecule has 1 saturated carbocycles. The topological polar surface area (TPSA) is 92.5 Å². The highest BCUT2D eigenvalue weighted by Crippen LogP contribution is 2.40. The number of anilines is 3. The molecule has 3 aromatic heterocycles. The van der Waals surface area contributed by atoms with E-state index in [0.717, 1.165) is 16.0 Å². The summed E-state index contributed by atoms with van der Waals surface area (Å²) in [5, 5.41) is 12.5. The van der Waals surface area contributed by atoms with Gasteiger partial charge in [-0.1, -0.05) is 0 Å². The number of fused-ring (bicyclic) bond motifs is 1. The van der Waals surface area contributed by atoms with E-state index in [4.69, 9.17) is 5.73 Å². The van der Waals surface area contributed by atoms with E-state index >= 15 is 0 Å². The summed E-state index contributed by atoms with van der Waals surface area (Å²) in [6.45, 7) is 0. The van der Waals surface area contributed by atoms with E-state index in [-0.39, 0.29) is 5.95 Å². The van der Waals surface area contributed by atoms with Crippen molar-refractivity contribution < 1.29 is 0 Å². The molecule has 0 radical (unpaired) electrons. The van der Waals surface area contributed by atoms with Crippen LogP contribution >= 0.6 is 11.3 Å². The second kappa shape index (κ2) is 3.92. The molecule has 96 valence electrons. The van der Waals surface area contributed by atoms with Crippen LogP contribution < -0.4 is 11.1 Å². The number of hydrogen-bond acceptors (Lipinski definition) is 6. The molecule has 1 aliphatic rings. The fourth-order valence-electron chi connectivity index (χ4n) is 2.09. The Labute approximate surface area is 113 Å². The molecule has 0 unspecified atom stereocenters. The number of nitrogens with zero attached hydrogens (tertiary/aromatic N) is 3. The molecule has 0 amide bonds. The molecule has 3 aromatic rings. The van der Waals surface area contributed by atoms with Crippen LogP contribution in [0.2, 0.25) is 0 Å². The number of nitrogens with one attached hydrogen (secondary N) is 2. The molecular formula is C12H12N6S. The normalized spacial score (nSPS) is 14.9. The van der Waals surface area contributed by atoms with Gasteiger partial charge in [0.15, 0.2) is 11.6 Å². The Hall–Kier alpha value is -2.15. The Morgan fingerprint density at radius 2 is 2.26 bits per heavy atom. The summed E-state index contributed by atoms with van der Waals surface area (Å²) in [5.74, 6) is 2.41. The molecule has 0 bridgehead atoms. The number of rotatable bonds is 3. The van der Waals surface area contributed by atoms with Gasteiger partial charge in [0.25, 0.3) is 0 Å². The Kier molecular flexibility index (Phi) is 2.22. The summed E-state index contributed by atoms with van der Waals surface area (Å²) in [4.78, 5) is 8.44. The summed E-state index contributed by atoms with van der Waals surface area (Å²) in [5.41, 5.74) is 7.76. The van der Waals surface area contributed by atoms with Gasteiger partial charge >= 0.3 is 0 Å². The second-order valence-corrected chi connectivity index (χ2v) is 5.59. The minimum atomic E-state index is 0.270. The monoisotopic (exact) mass is 272 g/mol. The lowest BCUT2D eigenvalue weighted by Crippen LogP contribution is -2.00. The SMILES string of the molecule is Nc1nc(Nc2cc(C3CC3)[nH]n2)c2sccc2n1. The van der Waals surface area contributed by atoms with E-state index in [1.165, 1.54) is 18.5 Å². The molecule has 0 spiro atoms. The maximum Gasteiger partial charge on any atom is 0.222 e. The third-order valence-corrected chi connectivity index (χ3v) is 4.09. The van der Waals surface area contributed by atoms with Crippen LogP contribution in [0.3, 0.4) is 0 Å². The van der Waals surface area contributed by atoms with Crippen molar-refractivity contribution >= 4 is 39.1 Å². The van der Waals surface area contributed by atoms with Crippen LogP contribution in [0, 0.1) is 0 Å². The van der Waals surface area contributed by atoms with Crippen LogP contribution in [-0.4, -0.2) is 20.2 Å². The molecule has 1 fully saturated rings. The lowest BCUT2D eigenvalue weighted by Gasteiger charge is -2.03. The van der Waals surface area contributed by atoms with Crippen molar-refractivity contribution in [2.24, 2.45) is 0 Å². The maximum absolute atomic E-state index is 5.72. The Balaban J connectivity index is 1.71. The number of nitrogen functional groups attached to an aromatic ring is 1. The molecule has 7 heteroatoms. The number of aromatic amines is 1. The molecule has 0 aliphatic heterocycles. The smallest absolute Gasteiger partial charge is 0.222 e. The molecule has 3 heterocycles. The van der Waals surface area contributed by atoms with Crippen LogP contribution in [0.25, 0.3) is 10.2 Å². The second-order valence-electron chi connectivity index (χ2n) is 4.67. The van der Waals surface area contributed by atoms with Gasteiger partial charge in [-0.05, 0) is 24.3 Å². The third-order valence-electron chi connectivity index (χ3n) is 3.18. The minimum absolute atomic E-state index is 0.270. The molecule has 6 nitrogen and oxygen atoms in total. The zero-order chi connectivity index (χ0) is 12.8. The van der Waals surface area contributed by atoms with Crippen molar-refractivity contribution in [3.8, 4) is 0 Å². The van der Waals surface area contributed by atoms with Gasteiger partial charge in [0.2, 0.25) is 5.95 Å². The number of nitrogens with two attached hydrogens (primary N) is 1. The largest absolute Gasteiger partial charge is 0.368 e. The first-order valence-corrected chi connectivity index (χ1v) is 7.00. The molecule has 19 heavy (non-hydrogen) atoms. The summed E-state index contributed by atoms with van der Waals surface area (Å²) in [7, 11) is 0. The van der Waals surface area contributed by atoms with Crippen LogP contribution in [0.1, 0.15) is 24.5 Å². The van der Waals surface area contributed by atoms with Crippen molar-refractivity contribution in [3.63, 3.8) is 0 Å². The fraction of sp³-hybridized carbons (Fsp3) is 0.250. The van der Waals surface area contributed by atoms with E-state index in [0.29, 0.717) is 11.7 Å². The van der Waals surface area contributed by atoms with E-state index in [1.807, 2.05) is 17.5 Å². The van der Waals surface area contributed by atoms with Crippen molar-refractivity contribution in [2.75, 3.05) is 11.1 Å². The maximum atomic E-state index is 5.72. The van der Waals surface area contributed by atoms with Crippen LogP contribution in [-0.2, 0) is 0 Å². The van der Waals surface area contributed by atoms with Gasteiger partial charge in [0.05, 0.1) is 10.2 Å². The average Bonchev–Trinajstić information content (AvgIpc) is 2.95. The number of hydrogen-bond donors (Lipinski definition) is 3. The number of aromatic nitrogens is 4. The molecule has 1 aliphatic carbocycles. The third kappa shape index (κ3) is 1.91. The van der Waals surface area contributed by atoms with Crippen molar-refractivity contribution in [1.82, 2.24) is 20.2 Å². The predicted octanol–water partition coefficient (Wildman–Crippen LogP) is 2.62. The summed E-state index contributed by atoms with van der Waals surface area (Å²) in [6.07, 6.45) is 2.49. The number of H-pyrrole nitrogens is 1. The van der Waals surface area contributed by atoms with E-state index in [9.17, 15) is 0 Å². The number of thiophene rings is 1. The van der Waals surface area contributed by atoms with Crippen molar-refractivity contribution in [3.05, 3.63) is 23.2 Å². The predicted molar refractivity (Wildman–Crippen MR) is 75.7 cm³/mol. The summed E-state index contributed by atoms with van der Waals surface area (Å²) < 4.78 is 0.991. The van der Waals surface area contributed by atoms with E-state index in [2.05, 4.69) is 25.5 Å². The fourth-order valence-corrected chi connectivity index (χ4v) is 2.87. The first-order valence-electron chi connectivity index (χ1n) is 6.12. The van der Waals surface area contributed by atoms with Gasteiger partial charge in [-0.15, -0.1) is 11.3 Å². The first-order chi connectivity index (χ1) is 9.29. The highest BCUT2D eigenvalue weighted by atomic mass is 32.1. The molecule has 0 atom stereocenters. The quantitative estimate of drug-likeness (QED) is 0.681. The van der Waals surface area contributed by atoms with Gasteiger partial charge in [-0.3, -0.25) is 5.10 Å². The van der Waals surface area contributed by atoms with Crippen molar-refractivity contribution in [2.45, 2.75) is 18.8 Å². The zero-order valence-electron chi connectivity index (χ0n) is 10.1. The van der Waals surface area contributed by atoms with Gasteiger partial charge < -0.3 is 11.1 Å². The first kappa shape index (κ1) is 10.7. The molecule has 4 rings (SSSR count). The molecule has 0 saturated heterocycles. The highest BCUT2D eigenvalue weighted by Gasteiger charge is 2.25. The minimum Gasteiger partial charge on any atom is -0.368 e. The Morgan fingerprint density at radius 1 is 1.37 bits per heavy atom. The lowest BCUT2D eigenvalue weighted by molar-refractivity contribution is 0.966. The lowest BCUT2D eigenvalue weighted by atomic mass is 10.3.